The van der Waals surface area contributed by atoms with Crippen LogP contribution in [-0.2, 0) is 16.4 Å². The van der Waals surface area contributed by atoms with Crippen LogP contribution < -0.4 is 0 Å². The minimum Gasteiger partial charge on any atom is -0.236 e. The zero-order chi connectivity index (χ0) is 20.2. The molecule has 0 N–H and O–H groups in total. The van der Waals surface area contributed by atoms with Gasteiger partial charge in [-0.2, -0.15) is 4.31 Å². The Morgan fingerprint density at radius 1 is 1.07 bits per heavy atom. The monoisotopic (exact) mass is 409 g/mol. The van der Waals surface area contributed by atoms with Crippen LogP contribution in [0.5, 0.6) is 0 Å². The maximum atomic E-state index is 13.4. The maximum Gasteiger partial charge on any atom is 0.244 e. The Kier molecular flexibility index (Phi) is 4.26. The minimum absolute atomic E-state index is 0.104. The van der Waals surface area contributed by atoms with Gasteiger partial charge in [-0.05, 0) is 55.7 Å². The second-order valence-electron chi connectivity index (χ2n) is 7.65. The maximum absolute atomic E-state index is 13.4. The van der Waals surface area contributed by atoms with E-state index >= 15 is 0 Å². The first-order valence-electron chi connectivity index (χ1n) is 9.66. The molecule has 1 saturated heterocycles. The lowest BCUT2D eigenvalue weighted by molar-refractivity contribution is 0.300. The summed E-state index contributed by atoms with van der Waals surface area (Å²) in [4.78, 5) is 9.53. The summed E-state index contributed by atoms with van der Waals surface area (Å²) in [5.41, 5.74) is 3.27. The van der Waals surface area contributed by atoms with E-state index in [9.17, 15) is 12.8 Å². The number of hydrogen-bond acceptors (Lipinski definition) is 4. The third kappa shape index (κ3) is 2.96. The fourth-order valence-corrected chi connectivity index (χ4v) is 6.58. The van der Waals surface area contributed by atoms with Gasteiger partial charge in [0.15, 0.2) is 5.82 Å². The third-order valence-electron chi connectivity index (χ3n) is 5.88. The Balaban J connectivity index is 1.54. The van der Waals surface area contributed by atoms with E-state index in [4.69, 9.17) is 4.98 Å². The number of fused-ring (bicyclic) bond motifs is 4. The highest BCUT2D eigenvalue weighted by Crippen LogP contribution is 2.46. The Hall–Kier alpha value is -2.64. The van der Waals surface area contributed by atoms with E-state index < -0.39 is 10.0 Å². The van der Waals surface area contributed by atoms with Crippen LogP contribution in [0.15, 0.2) is 59.6 Å². The molecule has 2 aliphatic rings. The van der Waals surface area contributed by atoms with Crippen molar-refractivity contribution in [2.75, 3.05) is 0 Å². The molecule has 2 aromatic carbocycles. The molecule has 3 aromatic rings. The summed E-state index contributed by atoms with van der Waals surface area (Å²) in [6.07, 6.45) is 3.88. The molecule has 29 heavy (non-hydrogen) atoms. The van der Waals surface area contributed by atoms with Crippen molar-refractivity contribution in [3.63, 3.8) is 0 Å². The number of benzene rings is 2. The Morgan fingerprint density at radius 3 is 2.59 bits per heavy atom. The van der Waals surface area contributed by atoms with Crippen LogP contribution in [-0.4, -0.2) is 28.7 Å². The summed E-state index contributed by atoms with van der Waals surface area (Å²) in [7, 11) is -3.60. The molecule has 0 saturated carbocycles. The van der Waals surface area contributed by atoms with Crippen LogP contribution >= 0.6 is 0 Å². The highest BCUT2D eigenvalue weighted by Gasteiger charge is 2.47. The summed E-state index contributed by atoms with van der Waals surface area (Å²) >= 11 is 0. The van der Waals surface area contributed by atoms with Gasteiger partial charge in [-0.25, -0.2) is 22.8 Å². The number of halogens is 1. The predicted octanol–water partition coefficient (Wildman–Crippen LogP) is 4.04. The van der Waals surface area contributed by atoms with Gasteiger partial charge in [-0.3, -0.25) is 0 Å². The van der Waals surface area contributed by atoms with Gasteiger partial charge in [-0.15, -0.1) is 0 Å². The van der Waals surface area contributed by atoms with Crippen LogP contribution in [0.1, 0.15) is 35.7 Å². The van der Waals surface area contributed by atoms with E-state index in [-0.39, 0.29) is 17.9 Å². The first kappa shape index (κ1) is 18.4. The lowest BCUT2D eigenvalue weighted by Crippen LogP contribution is -2.42. The van der Waals surface area contributed by atoms with Crippen molar-refractivity contribution in [3.8, 4) is 11.4 Å². The second-order valence-corrected chi connectivity index (χ2v) is 9.47. The van der Waals surface area contributed by atoms with Crippen molar-refractivity contribution in [1.82, 2.24) is 14.3 Å². The average Bonchev–Trinajstić information content (AvgIpc) is 3.05. The van der Waals surface area contributed by atoms with Gasteiger partial charge in [0.25, 0.3) is 0 Å². The third-order valence-corrected chi connectivity index (χ3v) is 8.00. The molecule has 2 unspecified atom stereocenters. The van der Waals surface area contributed by atoms with Crippen molar-refractivity contribution in [3.05, 3.63) is 77.4 Å². The smallest absolute Gasteiger partial charge is 0.236 e. The lowest BCUT2D eigenvalue weighted by atomic mass is 10.0. The lowest BCUT2D eigenvalue weighted by Gasteiger charge is -2.35. The molecule has 0 amide bonds. The van der Waals surface area contributed by atoms with Gasteiger partial charge in [0.05, 0.1) is 16.6 Å². The van der Waals surface area contributed by atoms with Crippen molar-refractivity contribution in [1.29, 1.82) is 0 Å². The number of aromatic nitrogens is 2. The number of aryl methyl sites for hydroxylation is 1. The van der Waals surface area contributed by atoms with Crippen molar-refractivity contribution in [2.45, 2.75) is 43.2 Å². The van der Waals surface area contributed by atoms with E-state index in [0.29, 0.717) is 17.1 Å². The Labute approximate surface area is 169 Å². The molecule has 1 aromatic heterocycles. The molecule has 0 spiro atoms. The number of nitrogens with zero attached hydrogens (tertiary/aromatic N) is 3. The van der Waals surface area contributed by atoms with Crippen LogP contribution in [0, 0.1) is 12.7 Å². The molecule has 2 atom stereocenters. The SMILES string of the molecule is Cc1ccccc1S(=O)(=O)N1C2CCC1c1cnc(-c3ccc(F)cc3)nc1C2. The van der Waals surface area contributed by atoms with E-state index in [2.05, 4.69) is 4.98 Å². The molecular formula is C22H20FN3O2S. The van der Waals surface area contributed by atoms with Gasteiger partial charge < -0.3 is 0 Å². The molecule has 1 fully saturated rings. The van der Waals surface area contributed by atoms with Gasteiger partial charge in [0, 0.05) is 29.8 Å². The van der Waals surface area contributed by atoms with E-state index in [1.54, 1.807) is 34.8 Å². The van der Waals surface area contributed by atoms with Crippen LogP contribution in [0.2, 0.25) is 0 Å². The first-order valence-corrected chi connectivity index (χ1v) is 11.1. The summed E-state index contributed by atoms with van der Waals surface area (Å²) in [6.45, 7) is 1.82. The van der Waals surface area contributed by atoms with E-state index in [1.165, 1.54) is 12.1 Å². The zero-order valence-electron chi connectivity index (χ0n) is 15.9. The Bertz CT molecular complexity index is 1190. The van der Waals surface area contributed by atoms with Crippen molar-refractivity contribution < 1.29 is 12.8 Å². The largest absolute Gasteiger partial charge is 0.244 e. The van der Waals surface area contributed by atoms with E-state index in [0.717, 1.165) is 35.2 Å². The quantitative estimate of drug-likeness (QED) is 0.655. The summed E-state index contributed by atoms with van der Waals surface area (Å²) < 4.78 is 41.8. The van der Waals surface area contributed by atoms with Crippen molar-refractivity contribution in [2.24, 2.45) is 0 Å². The normalized spacial score (nSPS) is 21.2. The number of sulfonamides is 1. The molecule has 2 bridgehead atoms. The van der Waals surface area contributed by atoms with Gasteiger partial charge >= 0.3 is 0 Å². The average molecular weight is 409 g/mol. The molecule has 148 valence electrons. The highest BCUT2D eigenvalue weighted by atomic mass is 32.2. The molecule has 3 heterocycles. The molecule has 5 nitrogen and oxygen atoms in total. The van der Waals surface area contributed by atoms with Gasteiger partial charge in [-0.1, -0.05) is 18.2 Å². The molecule has 0 radical (unpaired) electrons. The Morgan fingerprint density at radius 2 is 1.83 bits per heavy atom. The highest BCUT2D eigenvalue weighted by molar-refractivity contribution is 7.89. The topological polar surface area (TPSA) is 63.2 Å². The molecular weight excluding hydrogens is 389 g/mol. The van der Waals surface area contributed by atoms with Crippen LogP contribution in [0.25, 0.3) is 11.4 Å². The van der Waals surface area contributed by atoms with Gasteiger partial charge in [0.1, 0.15) is 5.82 Å². The zero-order valence-corrected chi connectivity index (χ0v) is 16.7. The number of hydrogen-bond donors (Lipinski definition) is 0. The van der Waals surface area contributed by atoms with Crippen LogP contribution in [0.3, 0.4) is 0 Å². The van der Waals surface area contributed by atoms with Crippen LogP contribution in [0.4, 0.5) is 4.39 Å². The fourth-order valence-electron chi connectivity index (χ4n) is 4.50. The standard InChI is InChI=1S/C22H20FN3O2S/c1-14-4-2-3-5-21(14)29(27,28)26-17-10-11-20(26)18-13-24-22(25-19(18)12-17)15-6-8-16(23)9-7-15/h2-9,13,17,20H,10-12H2,1H3. The second kappa shape index (κ2) is 6.71. The first-order chi connectivity index (χ1) is 13.9. The summed E-state index contributed by atoms with van der Waals surface area (Å²) in [5.74, 6) is 0.236. The summed E-state index contributed by atoms with van der Waals surface area (Å²) in [5, 5.41) is 0. The minimum atomic E-state index is -3.60. The van der Waals surface area contributed by atoms with Gasteiger partial charge in [0.2, 0.25) is 10.0 Å². The predicted molar refractivity (Wildman–Crippen MR) is 107 cm³/mol. The fraction of sp³-hybridized carbons (Fsp3) is 0.273. The summed E-state index contributed by atoms with van der Waals surface area (Å²) in [6, 6.07) is 12.8. The molecule has 0 aliphatic carbocycles. The number of rotatable bonds is 3. The molecule has 7 heteroatoms. The molecule has 5 rings (SSSR count). The van der Waals surface area contributed by atoms with E-state index in [1.807, 2.05) is 19.1 Å². The molecule has 2 aliphatic heterocycles. The van der Waals surface area contributed by atoms with Crippen molar-refractivity contribution >= 4 is 10.0 Å².